The first-order valence-corrected chi connectivity index (χ1v) is 15.5. The zero-order valence-corrected chi connectivity index (χ0v) is 24.5. The lowest BCUT2D eigenvalue weighted by Gasteiger charge is -2.31. The summed E-state index contributed by atoms with van der Waals surface area (Å²) in [6, 6.07) is 9.00. The van der Waals surface area contributed by atoms with E-state index in [0.29, 0.717) is 32.8 Å². The Morgan fingerprint density at radius 3 is 2.68 bits per heavy atom. The second-order valence-corrected chi connectivity index (χ2v) is 11.7. The van der Waals surface area contributed by atoms with Crippen molar-refractivity contribution in [2.45, 2.75) is 95.7 Å². The van der Waals surface area contributed by atoms with Crippen LogP contribution in [0.15, 0.2) is 42.5 Å². The van der Waals surface area contributed by atoms with Gasteiger partial charge in [0.25, 0.3) is 0 Å². The summed E-state index contributed by atoms with van der Waals surface area (Å²) in [4.78, 5) is 27.8. The molecule has 4 rings (SSSR count). The van der Waals surface area contributed by atoms with E-state index < -0.39 is 30.4 Å². The van der Waals surface area contributed by atoms with Gasteiger partial charge in [-0.2, -0.15) is 0 Å². The standard InChI is InChI=1S/C32H48N2O7/c1-24-14-10-7-5-3-2-4-6-8-13-18-39-32(37)34(21-24)22-28(35)27(20-25-15-11-9-12-16-25)33-31(36)41-29-23-40-30-26(29)17-19-38-30/h7,9-12,15-16,24,26-30,35H,2-6,8,13-14,17-23H2,1H3,(H,33,36)/b10-7+/t24?,26-,27?,28?,29-,30+/m0/s1. The molecule has 2 fully saturated rings. The number of rotatable bonds is 7. The number of fused-ring (bicyclic) bond motifs is 1. The Kier molecular flexibility index (Phi) is 12.8. The van der Waals surface area contributed by atoms with Crippen LogP contribution in [0.1, 0.15) is 70.3 Å². The van der Waals surface area contributed by atoms with Gasteiger partial charge in [-0.1, -0.05) is 75.1 Å². The van der Waals surface area contributed by atoms with Gasteiger partial charge in [-0.05, 0) is 50.0 Å². The number of β-amino-alcohol motifs (C(OH)–C–C–N with tert-alkyl or cyclic N) is 1. The molecule has 6 atom stereocenters. The summed E-state index contributed by atoms with van der Waals surface area (Å²) < 4.78 is 22.5. The predicted octanol–water partition coefficient (Wildman–Crippen LogP) is 5.21. The van der Waals surface area contributed by atoms with Crippen LogP contribution in [0.2, 0.25) is 0 Å². The first-order chi connectivity index (χ1) is 20.0. The van der Waals surface area contributed by atoms with Crippen LogP contribution in [0.5, 0.6) is 0 Å². The molecule has 2 saturated heterocycles. The maximum atomic E-state index is 13.2. The molecule has 41 heavy (non-hydrogen) atoms. The summed E-state index contributed by atoms with van der Waals surface area (Å²) in [6.45, 7) is 3.84. The molecule has 0 radical (unpaired) electrons. The van der Waals surface area contributed by atoms with Crippen molar-refractivity contribution in [3.8, 4) is 0 Å². The Hall–Kier alpha value is -2.62. The van der Waals surface area contributed by atoms with E-state index in [-0.39, 0.29) is 24.7 Å². The molecular formula is C32H48N2O7. The Morgan fingerprint density at radius 2 is 1.85 bits per heavy atom. The third kappa shape index (κ3) is 10.3. The number of carbonyl (C=O) groups is 2. The topological polar surface area (TPSA) is 107 Å². The number of alkyl carbamates (subject to hydrolysis) is 1. The van der Waals surface area contributed by atoms with Crippen LogP contribution in [0.3, 0.4) is 0 Å². The van der Waals surface area contributed by atoms with E-state index in [1.807, 2.05) is 30.3 Å². The highest BCUT2D eigenvalue weighted by Crippen LogP contribution is 2.33. The zero-order chi connectivity index (χ0) is 28.9. The Labute approximate surface area is 244 Å². The fourth-order valence-corrected chi connectivity index (χ4v) is 5.82. The first-order valence-electron chi connectivity index (χ1n) is 15.5. The van der Waals surface area contributed by atoms with E-state index in [1.54, 1.807) is 4.90 Å². The molecule has 0 spiro atoms. The summed E-state index contributed by atoms with van der Waals surface area (Å²) in [5, 5.41) is 14.3. The Morgan fingerprint density at radius 1 is 1.07 bits per heavy atom. The van der Waals surface area contributed by atoms with Crippen molar-refractivity contribution in [3.63, 3.8) is 0 Å². The molecule has 2 amide bonds. The highest BCUT2D eigenvalue weighted by molar-refractivity contribution is 5.69. The van der Waals surface area contributed by atoms with Crippen LogP contribution in [0.4, 0.5) is 9.59 Å². The molecule has 0 saturated carbocycles. The number of amides is 2. The SMILES string of the molecule is CC1C/C=C/CCCCCCCCOC(=O)N(CC(O)C(Cc2ccccc2)NC(=O)O[C@H]2CO[C@H]3OCC[C@H]32)C1. The molecule has 2 N–H and O–H groups in total. The van der Waals surface area contributed by atoms with Gasteiger partial charge < -0.3 is 34.3 Å². The number of cyclic esters (lactones) is 1. The summed E-state index contributed by atoms with van der Waals surface area (Å²) in [5.74, 6) is 0.210. The molecule has 3 aliphatic rings. The van der Waals surface area contributed by atoms with Crippen LogP contribution in [-0.2, 0) is 25.4 Å². The minimum Gasteiger partial charge on any atom is -0.449 e. The number of aliphatic hydroxyl groups excluding tert-OH is 1. The van der Waals surface area contributed by atoms with Gasteiger partial charge in [-0.15, -0.1) is 0 Å². The first kappa shape index (κ1) is 31.3. The summed E-state index contributed by atoms with van der Waals surface area (Å²) in [6.07, 6.45) is 11.4. The quantitative estimate of drug-likeness (QED) is 0.432. The fraction of sp³-hybridized carbons (Fsp3) is 0.688. The molecule has 9 nitrogen and oxygen atoms in total. The van der Waals surface area contributed by atoms with E-state index in [9.17, 15) is 14.7 Å². The molecule has 228 valence electrons. The Bertz CT molecular complexity index is 959. The van der Waals surface area contributed by atoms with Gasteiger partial charge in [0.15, 0.2) is 6.29 Å². The average Bonchev–Trinajstić information content (AvgIpc) is 3.58. The summed E-state index contributed by atoms with van der Waals surface area (Å²) in [7, 11) is 0. The van der Waals surface area contributed by atoms with Crippen molar-refractivity contribution in [2.75, 3.05) is 32.9 Å². The van der Waals surface area contributed by atoms with Gasteiger partial charge >= 0.3 is 12.2 Å². The van der Waals surface area contributed by atoms with Crippen LogP contribution in [-0.4, -0.2) is 79.6 Å². The molecule has 0 bridgehead atoms. The summed E-state index contributed by atoms with van der Waals surface area (Å²) in [5.41, 5.74) is 0.958. The number of benzene rings is 1. The maximum Gasteiger partial charge on any atom is 0.409 e. The van der Waals surface area contributed by atoms with Gasteiger partial charge in [-0.3, -0.25) is 0 Å². The smallest absolute Gasteiger partial charge is 0.409 e. The minimum atomic E-state index is -1.04. The normalized spacial score (nSPS) is 28.7. The fourth-order valence-electron chi connectivity index (χ4n) is 5.82. The Balaban J connectivity index is 1.41. The molecule has 1 aromatic rings. The number of ether oxygens (including phenoxy) is 4. The second kappa shape index (κ2) is 16.7. The highest BCUT2D eigenvalue weighted by atomic mass is 16.7. The van der Waals surface area contributed by atoms with E-state index in [2.05, 4.69) is 24.4 Å². The number of nitrogens with one attached hydrogen (secondary N) is 1. The molecule has 3 heterocycles. The average molecular weight is 573 g/mol. The van der Waals surface area contributed by atoms with Crippen molar-refractivity contribution in [1.82, 2.24) is 10.2 Å². The second-order valence-electron chi connectivity index (χ2n) is 11.7. The van der Waals surface area contributed by atoms with Gasteiger partial charge in [0.1, 0.15) is 6.10 Å². The molecule has 3 unspecified atom stereocenters. The number of carbonyl (C=O) groups excluding carboxylic acids is 2. The van der Waals surface area contributed by atoms with Crippen molar-refractivity contribution in [2.24, 2.45) is 11.8 Å². The number of hydrogen-bond donors (Lipinski definition) is 2. The number of aliphatic hydroxyl groups is 1. The number of hydrogen-bond acceptors (Lipinski definition) is 7. The van der Waals surface area contributed by atoms with Crippen molar-refractivity contribution in [1.29, 1.82) is 0 Å². The molecule has 0 aromatic heterocycles. The van der Waals surface area contributed by atoms with Gasteiger partial charge in [-0.25, -0.2) is 9.59 Å². The largest absolute Gasteiger partial charge is 0.449 e. The van der Waals surface area contributed by atoms with Crippen molar-refractivity contribution >= 4 is 12.2 Å². The highest BCUT2D eigenvalue weighted by Gasteiger charge is 2.44. The van der Waals surface area contributed by atoms with E-state index in [0.717, 1.165) is 44.1 Å². The molecule has 1 aromatic carbocycles. The van der Waals surface area contributed by atoms with Gasteiger partial charge in [0, 0.05) is 6.54 Å². The monoisotopic (exact) mass is 572 g/mol. The lowest BCUT2D eigenvalue weighted by atomic mass is 10.00. The summed E-state index contributed by atoms with van der Waals surface area (Å²) >= 11 is 0. The third-order valence-electron chi connectivity index (χ3n) is 8.20. The number of allylic oxidation sites excluding steroid dienone is 2. The van der Waals surface area contributed by atoms with Crippen molar-refractivity contribution < 1.29 is 33.6 Å². The zero-order valence-electron chi connectivity index (χ0n) is 24.5. The molecule has 9 heteroatoms. The lowest BCUT2D eigenvalue weighted by Crippen LogP contribution is -2.52. The number of nitrogens with zero attached hydrogens (tertiary/aromatic N) is 1. The van der Waals surface area contributed by atoms with Gasteiger partial charge in [0.2, 0.25) is 0 Å². The third-order valence-corrected chi connectivity index (χ3v) is 8.20. The van der Waals surface area contributed by atoms with Crippen LogP contribution in [0, 0.1) is 11.8 Å². The van der Waals surface area contributed by atoms with Crippen LogP contribution < -0.4 is 5.32 Å². The lowest BCUT2D eigenvalue weighted by molar-refractivity contribution is -0.0907. The van der Waals surface area contributed by atoms with E-state index in [1.165, 1.54) is 19.3 Å². The predicted molar refractivity (Wildman–Crippen MR) is 155 cm³/mol. The van der Waals surface area contributed by atoms with Gasteiger partial charge in [0.05, 0.1) is 44.4 Å². The van der Waals surface area contributed by atoms with Crippen LogP contribution in [0.25, 0.3) is 0 Å². The van der Waals surface area contributed by atoms with E-state index >= 15 is 0 Å². The van der Waals surface area contributed by atoms with Crippen molar-refractivity contribution in [3.05, 3.63) is 48.0 Å². The molecular weight excluding hydrogens is 524 g/mol. The minimum absolute atomic E-state index is 0.0214. The maximum absolute atomic E-state index is 13.2. The molecule has 3 aliphatic heterocycles. The molecule has 0 aliphatic carbocycles. The van der Waals surface area contributed by atoms with E-state index in [4.69, 9.17) is 18.9 Å². The van der Waals surface area contributed by atoms with Crippen LogP contribution >= 0.6 is 0 Å².